The van der Waals surface area contributed by atoms with Crippen LogP contribution in [0, 0.1) is 0 Å². The fourth-order valence-corrected chi connectivity index (χ4v) is 2.32. The molecule has 0 saturated heterocycles. The van der Waals surface area contributed by atoms with Gasteiger partial charge in [-0.1, -0.05) is 41.9 Å². The van der Waals surface area contributed by atoms with E-state index in [4.69, 9.17) is 11.6 Å². The summed E-state index contributed by atoms with van der Waals surface area (Å²) in [6, 6.07) is 16.0. The first kappa shape index (κ1) is 12.9. The molecule has 0 aliphatic rings. The van der Waals surface area contributed by atoms with Crippen LogP contribution in [0.5, 0.6) is 0 Å². The van der Waals surface area contributed by atoms with E-state index in [1.54, 1.807) is 6.20 Å². The monoisotopic (exact) mass is 283 g/mol. The van der Waals surface area contributed by atoms with Crippen LogP contribution in [0.3, 0.4) is 0 Å². The molecule has 1 atom stereocenters. The van der Waals surface area contributed by atoms with E-state index >= 15 is 0 Å². The smallest absolute Gasteiger partial charge is 0.0950 e. The Hall–Kier alpha value is -2.13. The molecule has 20 heavy (non-hydrogen) atoms. The molecule has 2 aromatic carbocycles. The predicted molar refractivity (Wildman–Crippen MR) is 83.0 cm³/mol. The minimum atomic E-state index is 0.167. The highest BCUT2D eigenvalue weighted by Gasteiger charge is 2.08. The molecule has 0 amide bonds. The Balaban J connectivity index is 1.91. The van der Waals surface area contributed by atoms with E-state index in [-0.39, 0.29) is 6.04 Å². The van der Waals surface area contributed by atoms with Gasteiger partial charge in [-0.2, -0.15) is 10.2 Å². The molecular formula is C16H14ClN3. The van der Waals surface area contributed by atoms with Crippen LogP contribution in [0.2, 0.25) is 5.02 Å². The number of hydrogen-bond donors (Lipinski definition) is 1. The molecule has 0 bridgehead atoms. The molecule has 1 aromatic heterocycles. The molecule has 1 unspecified atom stereocenters. The van der Waals surface area contributed by atoms with E-state index in [1.165, 1.54) is 5.56 Å². The van der Waals surface area contributed by atoms with Gasteiger partial charge >= 0.3 is 0 Å². The number of anilines is 1. The van der Waals surface area contributed by atoms with Gasteiger partial charge < -0.3 is 5.32 Å². The molecule has 0 aliphatic heterocycles. The first-order valence-electron chi connectivity index (χ1n) is 6.46. The number of fused-ring (bicyclic) bond motifs is 1. The summed E-state index contributed by atoms with van der Waals surface area (Å²) in [7, 11) is 0. The molecule has 3 aromatic rings. The second kappa shape index (κ2) is 5.47. The van der Waals surface area contributed by atoms with Crippen molar-refractivity contribution in [1.29, 1.82) is 0 Å². The van der Waals surface area contributed by atoms with E-state index in [1.807, 2.05) is 48.5 Å². The highest BCUT2D eigenvalue weighted by Crippen LogP contribution is 2.25. The molecule has 4 heteroatoms. The van der Waals surface area contributed by atoms with Crippen molar-refractivity contribution in [1.82, 2.24) is 10.2 Å². The van der Waals surface area contributed by atoms with Crippen molar-refractivity contribution in [3.8, 4) is 0 Å². The topological polar surface area (TPSA) is 37.8 Å². The van der Waals surface area contributed by atoms with Crippen molar-refractivity contribution < 1.29 is 0 Å². The molecular weight excluding hydrogens is 270 g/mol. The average Bonchev–Trinajstić information content (AvgIpc) is 2.48. The summed E-state index contributed by atoms with van der Waals surface area (Å²) < 4.78 is 0. The zero-order valence-corrected chi connectivity index (χ0v) is 11.8. The molecule has 1 N–H and O–H groups in total. The Morgan fingerprint density at radius 3 is 2.60 bits per heavy atom. The van der Waals surface area contributed by atoms with E-state index in [0.717, 1.165) is 21.6 Å². The fraction of sp³-hybridized carbons (Fsp3) is 0.125. The summed E-state index contributed by atoms with van der Waals surface area (Å²) in [5, 5.41) is 13.5. The van der Waals surface area contributed by atoms with Crippen LogP contribution in [-0.4, -0.2) is 10.2 Å². The molecule has 0 fully saturated rings. The molecule has 3 nitrogen and oxygen atoms in total. The number of rotatable bonds is 3. The third kappa shape index (κ3) is 2.58. The minimum absolute atomic E-state index is 0.167. The van der Waals surface area contributed by atoms with Gasteiger partial charge in [-0.25, -0.2) is 0 Å². The standard InChI is InChI=1S/C16H14ClN3/c1-11(12-6-8-13(17)9-7-12)19-16-10-18-20-15-5-3-2-4-14(15)16/h2-11H,1H3,(H,19,20). The maximum absolute atomic E-state index is 5.92. The SMILES string of the molecule is CC(Nc1cnnc2ccccc12)c1ccc(Cl)cc1. The summed E-state index contributed by atoms with van der Waals surface area (Å²) in [6.07, 6.45) is 1.76. The molecule has 0 aliphatic carbocycles. The number of benzene rings is 2. The second-order valence-electron chi connectivity index (χ2n) is 4.69. The van der Waals surface area contributed by atoms with Crippen molar-refractivity contribution >= 4 is 28.2 Å². The van der Waals surface area contributed by atoms with Crippen molar-refractivity contribution in [2.75, 3.05) is 5.32 Å². The lowest BCUT2D eigenvalue weighted by molar-refractivity contribution is 0.882. The van der Waals surface area contributed by atoms with E-state index in [9.17, 15) is 0 Å². The van der Waals surface area contributed by atoms with Crippen LogP contribution in [0.4, 0.5) is 5.69 Å². The number of aromatic nitrogens is 2. The van der Waals surface area contributed by atoms with Crippen LogP contribution >= 0.6 is 11.6 Å². The molecule has 0 saturated carbocycles. The van der Waals surface area contributed by atoms with Gasteiger partial charge in [0.25, 0.3) is 0 Å². The molecule has 100 valence electrons. The summed E-state index contributed by atoms with van der Waals surface area (Å²) in [5.41, 5.74) is 3.05. The lowest BCUT2D eigenvalue weighted by Crippen LogP contribution is -2.07. The van der Waals surface area contributed by atoms with Gasteiger partial charge in [0.05, 0.1) is 17.4 Å². The lowest BCUT2D eigenvalue weighted by Gasteiger charge is -2.16. The van der Waals surface area contributed by atoms with Gasteiger partial charge in [-0.15, -0.1) is 0 Å². The Kier molecular flexibility index (Phi) is 3.52. The zero-order chi connectivity index (χ0) is 13.9. The quantitative estimate of drug-likeness (QED) is 0.771. The Morgan fingerprint density at radius 1 is 1.05 bits per heavy atom. The van der Waals surface area contributed by atoms with Gasteiger partial charge in [0.2, 0.25) is 0 Å². The van der Waals surface area contributed by atoms with Crippen molar-refractivity contribution in [2.45, 2.75) is 13.0 Å². The normalized spacial score (nSPS) is 12.3. The highest BCUT2D eigenvalue weighted by molar-refractivity contribution is 6.30. The highest BCUT2D eigenvalue weighted by atomic mass is 35.5. The number of halogens is 1. The Morgan fingerprint density at radius 2 is 1.80 bits per heavy atom. The van der Waals surface area contributed by atoms with Gasteiger partial charge in [0.15, 0.2) is 0 Å². The Bertz CT molecular complexity index is 720. The average molecular weight is 284 g/mol. The fourth-order valence-electron chi connectivity index (χ4n) is 2.19. The van der Waals surface area contributed by atoms with Crippen LogP contribution < -0.4 is 5.32 Å². The number of hydrogen-bond acceptors (Lipinski definition) is 3. The third-order valence-corrected chi connectivity index (χ3v) is 3.54. The molecule has 1 heterocycles. The predicted octanol–water partition coefficient (Wildman–Crippen LogP) is 4.46. The second-order valence-corrected chi connectivity index (χ2v) is 5.13. The van der Waals surface area contributed by atoms with E-state index < -0.39 is 0 Å². The number of nitrogens with one attached hydrogen (secondary N) is 1. The zero-order valence-electron chi connectivity index (χ0n) is 11.0. The minimum Gasteiger partial charge on any atom is -0.377 e. The van der Waals surface area contributed by atoms with Crippen molar-refractivity contribution in [2.24, 2.45) is 0 Å². The molecule has 0 radical (unpaired) electrons. The van der Waals surface area contributed by atoms with Crippen LogP contribution in [0.25, 0.3) is 10.9 Å². The van der Waals surface area contributed by atoms with Gasteiger partial charge in [-0.05, 0) is 30.7 Å². The first-order valence-corrected chi connectivity index (χ1v) is 6.84. The van der Waals surface area contributed by atoms with Crippen molar-refractivity contribution in [3.05, 3.63) is 65.3 Å². The Labute approximate surface area is 122 Å². The van der Waals surface area contributed by atoms with Crippen LogP contribution in [-0.2, 0) is 0 Å². The maximum atomic E-state index is 5.92. The third-order valence-electron chi connectivity index (χ3n) is 3.29. The lowest BCUT2D eigenvalue weighted by atomic mass is 10.1. The molecule has 0 spiro atoms. The van der Waals surface area contributed by atoms with Gasteiger partial charge in [-0.3, -0.25) is 0 Å². The summed E-state index contributed by atoms with van der Waals surface area (Å²) in [6.45, 7) is 2.11. The molecule has 3 rings (SSSR count). The number of nitrogens with zero attached hydrogens (tertiary/aromatic N) is 2. The van der Waals surface area contributed by atoms with E-state index in [0.29, 0.717) is 0 Å². The summed E-state index contributed by atoms with van der Waals surface area (Å²) in [4.78, 5) is 0. The van der Waals surface area contributed by atoms with Crippen molar-refractivity contribution in [3.63, 3.8) is 0 Å². The van der Waals surface area contributed by atoms with Crippen LogP contribution in [0.1, 0.15) is 18.5 Å². The van der Waals surface area contributed by atoms with Gasteiger partial charge in [0, 0.05) is 16.5 Å². The first-order chi connectivity index (χ1) is 9.74. The maximum Gasteiger partial charge on any atom is 0.0950 e. The van der Waals surface area contributed by atoms with Gasteiger partial charge in [0.1, 0.15) is 0 Å². The largest absolute Gasteiger partial charge is 0.377 e. The van der Waals surface area contributed by atoms with Crippen LogP contribution in [0.15, 0.2) is 54.7 Å². The summed E-state index contributed by atoms with van der Waals surface area (Å²) >= 11 is 5.92. The summed E-state index contributed by atoms with van der Waals surface area (Å²) in [5.74, 6) is 0. The van der Waals surface area contributed by atoms with E-state index in [2.05, 4.69) is 22.4 Å².